The van der Waals surface area contributed by atoms with Crippen molar-refractivity contribution in [3.63, 3.8) is 0 Å². The summed E-state index contributed by atoms with van der Waals surface area (Å²) < 4.78 is 2.50. The van der Waals surface area contributed by atoms with Crippen LogP contribution in [-0.2, 0) is 4.79 Å². The van der Waals surface area contributed by atoms with Crippen molar-refractivity contribution < 1.29 is 4.79 Å². The summed E-state index contributed by atoms with van der Waals surface area (Å²) >= 11 is 0. The smallest absolute Gasteiger partial charge is 0.161 e. The van der Waals surface area contributed by atoms with Crippen LogP contribution in [-0.4, -0.2) is 32.3 Å². The molecule has 18 heavy (non-hydrogen) atoms. The molecule has 1 heterocycles. The van der Waals surface area contributed by atoms with Crippen molar-refractivity contribution >= 4 is 28.0 Å². The van der Waals surface area contributed by atoms with Crippen LogP contribution in [0.3, 0.4) is 0 Å². The second kappa shape index (κ2) is 5.69. The van der Waals surface area contributed by atoms with Gasteiger partial charge in [0.2, 0.25) is 0 Å². The van der Waals surface area contributed by atoms with Gasteiger partial charge in [0.25, 0.3) is 0 Å². The van der Waals surface area contributed by atoms with Crippen molar-refractivity contribution in [2.75, 3.05) is 0 Å². The molecule has 3 nitrogen and oxygen atoms in total. The fourth-order valence-corrected chi connectivity index (χ4v) is 13.8. The third-order valence-electron chi connectivity index (χ3n) is 3.84. The van der Waals surface area contributed by atoms with Crippen LogP contribution in [0, 0.1) is 0 Å². The largest absolute Gasteiger partial charge is 0.349 e. The van der Waals surface area contributed by atoms with E-state index in [1.807, 2.05) is 13.8 Å². The second-order valence-corrected chi connectivity index (χ2v) is 16.2. The molecule has 0 spiro atoms. The summed E-state index contributed by atoms with van der Waals surface area (Å²) in [5.41, 5.74) is 1.00. The first-order valence-corrected chi connectivity index (χ1v) is 13.4. The quantitative estimate of drug-likeness (QED) is 0.580. The average Bonchev–Trinajstić information content (AvgIpc) is 2.23. The highest BCUT2D eigenvalue weighted by Gasteiger charge is 2.43. The maximum Gasteiger partial charge on any atom is 0.161 e. The Kier molecular flexibility index (Phi) is 4.94. The Bertz CT molecular complexity index is 335. The highest BCUT2D eigenvalue weighted by Crippen LogP contribution is 2.34. The topological polar surface area (TPSA) is 32.7 Å². The molecule has 0 aromatic heterocycles. The van der Waals surface area contributed by atoms with Crippen molar-refractivity contribution in [2.24, 2.45) is 5.10 Å². The van der Waals surface area contributed by atoms with E-state index in [0.717, 1.165) is 5.71 Å². The van der Waals surface area contributed by atoms with Crippen LogP contribution < -0.4 is 0 Å². The van der Waals surface area contributed by atoms with E-state index in [-0.39, 0.29) is 0 Å². The minimum Gasteiger partial charge on any atom is -0.349 e. The van der Waals surface area contributed by atoms with Crippen molar-refractivity contribution in [2.45, 2.75) is 71.4 Å². The number of Topliss-reactive ketones (excluding diaryl/α,β-unsaturated/α-hetero) is 1. The highest BCUT2D eigenvalue weighted by atomic mass is 28.4. The Morgan fingerprint density at radius 3 is 2.11 bits per heavy atom. The number of rotatable bonds is 4. The van der Waals surface area contributed by atoms with Crippen molar-refractivity contribution in [3.8, 4) is 0 Å². The first kappa shape index (κ1) is 15.6. The molecule has 1 aliphatic rings. The fraction of sp³-hybridized carbons (Fsp3) is 0.846. The van der Waals surface area contributed by atoms with Gasteiger partial charge in [-0.1, -0.05) is 39.5 Å². The van der Waals surface area contributed by atoms with Crippen LogP contribution >= 0.6 is 0 Å². The minimum absolute atomic E-state index is 0.298. The summed E-state index contributed by atoms with van der Waals surface area (Å²) in [6, 6.07) is 2.67. The van der Waals surface area contributed by atoms with E-state index in [2.05, 4.69) is 30.5 Å². The number of ketones is 1. The average molecular weight is 285 g/mol. The lowest BCUT2D eigenvalue weighted by atomic mass is 10.2. The van der Waals surface area contributed by atoms with E-state index in [9.17, 15) is 4.79 Å². The molecule has 0 amide bonds. The van der Waals surface area contributed by atoms with E-state index >= 15 is 0 Å². The van der Waals surface area contributed by atoms with Gasteiger partial charge >= 0.3 is 0 Å². The summed E-state index contributed by atoms with van der Waals surface area (Å²) in [7, 11) is -2.77. The number of nitrogens with zero attached hydrogens (tertiary/aromatic N) is 2. The van der Waals surface area contributed by atoms with Gasteiger partial charge in [-0.3, -0.25) is 4.79 Å². The van der Waals surface area contributed by atoms with E-state index in [0.29, 0.717) is 18.6 Å². The second-order valence-electron chi connectivity index (χ2n) is 6.69. The maximum atomic E-state index is 11.5. The van der Waals surface area contributed by atoms with Gasteiger partial charge in [-0.25, -0.2) is 5.10 Å². The normalized spacial score (nSPS) is 23.0. The predicted octanol–water partition coefficient (Wildman–Crippen LogP) is 3.85. The molecule has 0 atom stereocenters. The van der Waals surface area contributed by atoms with E-state index in [1.54, 1.807) is 0 Å². The van der Waals surface area contributed by atoms with Gasteiger partial charge in [0.1, 0.15) is 5.78 Å². The Balaban J connectivity index is 2.89. The van der Waals surface area contributed by atoms with Crippen molar-refractivity contribution in [1.29, 1.82) is 0 Å². The number of hydrogen-bond acceptors (Lipinski definition) is 3. The molecule has 0 aromatic carbocycles. The molecule has 0 N–H and O–H groups in total. The molecule has 0 bridgehead atoms. The number of carbonyl (C=O) groups is 1. The standard InChI is InChI=1S/C13H28N2OSi2/c1-7-13(16)11-12(2)14-15-17(3,4)9-8-10-18(15,5)6/h7-11H2,1-6H3. The molecule has 0 aromatic rings. The summed E-state index contributed by atoms with van der Waals surface area (Å²) in [4.78, 5) is 11.5. The lowest BCUT2D eigenvalue weighted by Gasteiger charge is -2.49. The zero-order chi connectivity index (χ0) is 14.0. The zero-order valence-corrected chi connectivity index (χ0v) is 14.8. The monoisotopic (exact) mass is 284 g/mol. The van der Waals surface area contributed by atoms with Crippen molar-refractivity contribution in [1.82, 2.24) is 4.34 Å². The molecule has 1 aliphatic heterocycles. The molecular weight excluding hydrogens is 256 g/mol. The third kappa shape index (κ3) is 3.78. The molecule has 0 saturated carbocycles. The highest BCUT2D eigenvalue weighted by molar-refractivity contribution is 6.91. The fourth-order valence-electron chi connectivity index (χ4n) is 2.87. The molecule has 0 aliphatic carbocycles. The predicted molar refractivity (Wildman–Crippen MR) is 84.1 cm³/mol. The van der Waals surface area contributed by atoms with Gasteiger partial charge in [0.15, 0.2) is 16.5 Å². The minimum atomic E-state index is -1.38. The van der Waals surface area contributed by atoms with Crippen LogP contribution in [0.2, 0.25) is 38.3 Å². The van der Waals surface area contributed by atoms with Gasteiger partial charge in [-0.05, 0) is 19.0 Å². The first-order chi connectivity index (χ1) is 8.19. The summed E-state index contributed by atoms with van der Waals surface area (Å²) in [5.74, 6) is 0.298. The van der Waals surface area contributed by atoms with Crippen LogP contribution in [0.4, 0.5) is 0 Å². The van der Waals surface area contributed by atoms with Gasteiger partial charge in [0.05, 0.1) is 0 Å². The van der Waals surface area contributed by atoms with Gasteiger partial charge in [-0.2, -0.15) is 0 Å². The van der Waals surface area contributed by atoms with Crippen molar-refractivity contribution in [3.05, 3.63) is 0 Å². The van der Waals surface area contributed by atoms with E-state index in [1.165, 1.54) is 18.5 Å². The Labute approximate surface area is 114 Å². The summed E-state index contributed by atoms with van der Waals surface area (Å²) in [6.07, 6.45) is 2.52. The van der Waals surface area contributed by atoms with E-state index < -0.39 is 16.5 Å². The van der Waals surface area contributed by atoms with Crippen LogP contribution in [0.1, 0.15) is 33.1 Å². The lowest BCUT2D eigenvalue weighted by Crippen LogP contribution is -2.62. The maximum absolute atomic E-state index is 11.5. The van der Waals surface area contributed by atoms with E-state index in [4.69, 9.17) is 5.10 Å². The summed E-state index contributed by atoms with van der Waals surface area (Å²) in [5, 5.41) is 4.88. The molecule has 1 rings (SSSR count). The van der Waals surface area contributed by atoms with Crippen LogP contribution in [0.15, 0.2) is 5.10 Å². The molecule has 1 saturated heterocycles. The molecule has 5 heteroatoms. The molecule has 1 fully saturated rings. The van der Waals surface area contributed by atoms with Gasteiger partial charge in [0, 0.05) is 18.6 Å². The molecule has 104 valence electrons. The third-order valence-corrected chi connectivity index (χ3v) is 13.1. The van der Waals surface area contributed by atoms with Crippen LogP contribution in [0.5, 0.6) is 0 Å². The van der Waals surface area contributed by atoms with Gasteiger partial charge in [-0.15, -0.1) is 0 Å². The number of carbonyl (C=O) groups excluding carboxylic acids is 1. The van der Waals surface area contributed by atoms with Crippen LogP contribution in [0.25, 0.3) is 0 Å². The number of hydrogen-bond donors (Lipinski definition) is 0. The Hall–Kier alpha value is -0.426. The molecule has 0 unspecified atom stereocenters. The first-order valence-electron chi connectivity index (χ1n) is 7.05. The summed E-state index contributed by atoms with van der Waals surface area (Å²) in [6.45, 7) is 13.6. The molecular formula is C13H28N2OSi2. The van der Waals surface area contributed by atoms with Gasteiger partial charge < -0.3 is 4.34 Å². The zero-order valence-electron chi connectivity index (χ0n) is 12.8. The molecule has 0 radical (unpaired) electrons. The SMILES string of the molecule is CCC(=O)CC(C)=NN1[Si](C)(C)CCC[Si]1(C)C. The Morgan fingerprint density at radius 1 is 1.17 bits per heavy atom. The lowest BCUT2D eigenvalue weighted by molar-refractivity contribution is -0.117. The number of hydrazone groups is 1. The Morgan fingerprint density at radius 2 is 1.67 bits per heavy atom.